The zero-order chi connectivity index (χ0) is 4.50. The van der Waals surface area contributed by atoms with Gasteiger partial charge >= 0.3 is 42.0 Å². The van der Waals surface area contributed by atoms with Gasteiger partial charge < -0.3 is 0 Å². The van der Waals surface area contributed by atoms with E-state index in [2.05, 4.69) is 0 Å². The van der Waals surface area contributed by atoms with E-state index in [1.165, 1.54) is 0 Å². The van der Waals surface area contributed by atoms with E-state index in [1.54, 1.807) is 0 Å². The first-order chi connectivity index (χ1) is 2.00. The van der Waals surface area contributed by atoms with Crippen molar-refractivity contribution < 1.29 is 13.3 Å². The van der Waals surface area contributed by atoms with Gasteiger partial charge in [0.05, 0.1) is 0 Å². The van der Waals surface area contributed by atoms with Gasteiger partial charge in [-0.05, 0) is 0 Å². The molecule has 0 aromatic rings. The molecule has 0 aromatic heterocycles. The average molecular weight is 212 g/mol. The average Bonchev–Trinajstić information content (AvgIpc) is 0.722. The maximum absolute atomic E-state index is 9.35. The number of hydrogen-bond donors (Lipinski definition) is 3. The molecule has 0 radical (unpaired) electrons. The monoisotopic (exact) mass is 214 g/mol. The van der Waals surface area contributed by atoms with E-state index in [9.17, 15) is 4.21 Å². The quantitative estimate of drug-likeness (QED) is 0.347. The van der Waals surface area contributed by atoms with Gasteiger partial charge in [-0.3, -0.25) is 0 Å². The minimum absolute atomic E-state index is 0.537. The van der Waals surface area contributed by atoms with Crippen molar-refractivity contribution in [1.29, 1.82) is 0 Å². The summed E-state index contributed by atoms with van der Waals surface area (Å²) in [5.41, 5.74) is 0. The van der Waals surface area contributed by atoms with Gasteiger partial charge in [0, 0.05) is 0 Å². The molecule has 0 bridgehead atoms. The molecule has 2 N–H and O–H groups in total. The molecule has 0 aromatic carbocycles. The molecule has 0 rings (SSSR count). The molecule has 0 aliphatic heterocycles. The van der Waals surface area contributed by atoms with Gasteiger partial charge in [0.1, 0.15) is 0 Å². The van der Waals surface area contributed by atoms with Crippen molar-refractivity contribution in [1.82, 2.24) is 0 Å². The Morgan fingerprint density at radius 3 is 1.60 bits per heavy atom. The molecule has 0 spiro atoms. The van der Waals surface area contributed by atoms with Crippen LogP contribution in [-0.2, 0) is 7.72 Å². The van der Waals surface area contributed by atoms with Gasteiger partial charge in [-0.15, -0.1) is 0 Å². The SMILES string of the molecule is O=[SH](O)(O)[TeH]. The molecule has 34 valence electrons. The molecular weight excluding hydrogens is 208 g/mol. The summed E-state index contributed by atoms with van der Waals surface area (Å²) >= 11 is 0.537. The van der Waals surface area contributed by atoms with Gasteiger partial charge in [-0.1, -0.05) is 0 Å². The molecule has 0 aliphatic carbocycles. The van der Waals surface area contributed by atoms with Crippen LogP contribution in [-0.4, -0.2) is 34.2 Å². The summed E-state index contributed by atoms with van der Waals surface area (Å²) in [5, 5.41) is 0. The minimum atomic E-state index is -3.59. The van der Waals surface area contributed by atoms with Crippen LogP contribution in [0.3, 0.4) is 0 Å². The molecule has 0 heterocycles. The van der Waals surface area contributed by atoms with Crippen LogP contribution in [0.25, 0.3) is 0 Å². The van der Waals surface area contributed by atoms with E-state index in [0.29, 0.717) is 20.9 Å². The number of hydrogen-bond acceptors (Lipinski definition) is 1. The first-order valence-electron chi connectivity index (χ1n) is 0.783. The van der Waals surface area contributed by atoms with Gasteiger partial charge in [0.2, 0.25) is 0 Å². The first-order valence-corrected chi connectivity index (χ1v) is 5.77. The fourth-order valence-corrected chi connectivity index (χ4v) is 0. The molecule has 0 saturated carbocycles. The Hall–Kier alpha value is 0.860. The molecule has 0 atom stereocenters. The van der Waals surface area contributed by atoms with Crippen LogP contribution in [0.2, 0.25) is 0 Å². The number of thiol groups is 1. The van der Waals surface area contributed by atoms with Crippen molar-refractivity contribution in [2.24, 2.45) is 0 Å². The van der Waals surface area contributed by atoms with Crippen LogP contribution in [0.1, 0.15) is 0 Å². The van der Waals surface area contributed by atoms with Crippen molar-refractivity contribution >= 4 is 28.6 Å². The molecule has 0 amide bonds. The fourth-order valence-electron chi connectivity index (χ4n) is 0. The summed E-state index contributed by atoms with van der Waals surface area (Å²) in [4.78, 5) is 0. The molecule has 3 nitrogen and oxygen atoms in total. The van der Waals surface area contributed by atoms with Crippen molar-refractivity contribution in [3.8, 4) is 0 Å². The summed E-state index contributed by atoms with van der Waals surface area (Å²) in [6.45, 7) is 0. The van der Waals surface area contributed by atoms with Gasteiger partial charge in [0.25, 0.3) is 0 Å². The Morgan fingerprint density at radius 1 is 1.60 bits per heavy atom. The normalized spacial score (nSPS) is 15.0. The standard InChI is InChI=1S/H4O3STe/c1-4(2,3)5/h4H,(H3,1,2,3,5). The summed E-state index contributed by atoms with van der Waals surface area (Å²) < 4.78 is 24.7. The van der Waals surface area contributed by atoms with Crippen LogP contribution in [0.4, 0.5) is 0 Å². The van der Waals surface area contributed by atoms with Gasteiger partial charge in [-0.2, -0.15) is 0 Å². The summed E-state index contributed by atoms with van der Waals surface area (Å²) in [7, 11) is -3.59. The topological polar surface area (TPSA) is 57.5 Å². The van der Waals surface area contributed by atoms with E-state index in [4.69, 9.17) is 9.11 Å². The summed E-state index contributed by atoms with van der Waals surface area (Å²) in [6, 6.07) is 0. The number of rotatable bonds is 0. The Balaban J connectivity index is 3.47. The van der Waals surface area contributed by atoms with Crippen molar-refractivity contribution in [3.05, 3.63) is 0 Å². The van der Waals surface area contributed by atoms with Crippen molar-refractivity contribution in [2.45, 2.75) is 0 Å². The maximum atomic E-state index is 9.35. The van der Waals surface area contributed by atoms with Gasteiger partial charge in [-0.25, -0.2) is 0 Å². The molecule has 0 unspecified atom stereocenters. The molecule has 5 heteroatoms. The third kappa shape index (κ3) is 53.8. The molecule has 5 heavy (non-hydrogen) atoms. The molecule has 0 fully saturated rings. The first kappa shape index (κ1) is 5.86. The summed E-state index contributed by atoms with van der Waals surface area (Å²) in [6.07, 6.45) is 0. The second kappa shape index (κ2) is 1.54. The van der Waals surface area contributed by atoms with Crippen LogP contribution >= 0.6 is 0 Å². The second-order valence-electron chi connectivity index (χ2n) is 0.513. The Kier molecular flexibility index (Phi) is 1.80. The molecular formula is H4O3STe. The van der Waals surface area contributed by atoms with Crippen molar-refractivity contribution in [2.75, 3.05) is 0 Å². The molecule has 0 saturated heterocycles. The molecule has 0 aliphatic rings. The predicted octanol–water partition coefficient (Wildman–Crippen LogP) is -1.24. The van der Waals surface area contributed by atoms with Crippen molar-refractivity contribution in [3.63, 3.8) is 0 Å². The van der Waals surface area contributed by atoms with Crippen LogP contribution < -0.4 is 0 Å². The predicted molar refractivity (Wildman–Crippen MR) is 21.9 cm³/mol. The zero-order valence-corrected chi connectivity index (χ0v) is 5.64. The van der Waals surface area contributed by atoms with Crippen LogP contribution in [0.15, 0.2) is 0 Å². The second-order valence-corrected chi connectivity index (χ2v) is 6.00. The van der Waals surface area contributed by atoms with E-state index in [-0.39, 0.29) is 0 Å². The Labute approximate surface area is 42.2 Å². The van der Waals surface area contributed by atoms with Crippen LogP contribution in [0, 0.1) is 0 Å². The van der Waals surface area contributed by atoms with E-state index >= 15 is 0 Å². The Morgan fingerprint density at radius 2 is 1.60 bits per heavy atom. The third-order valence-corrected chi connectivity index (χ3v) is 0. The fraction of sp³-hybridized carbons (Fsp3) is 0. The van der Waals surface area contributed by atoms with Gasteiger partial charge in [0.15, 0.2) is 0 Å². The Bertz CT molecular complexity index is 53.0. The van der Waals surface area contributed by atoms with E-state index in [1.807, 2.05) is 0 Å². The van der Waals surface area contributed by atoms with E-state index in [0.717, 1.165) is 0 Å². The third-order valence-electron chi connectivity index (χ3n) is 0. The summed E-state index contributed by atoms with van der Waals surface area (Å²) in [5.74, 6) is 0. The zero-order valence-electron chi connectivity index (χ0n) is 2.20. The van der Waals surface area contributed by atoms with E-state index < -0.39 is 7.72 Å². The van der Waals surface area contributed by atoms with Crippen LogP contribution in [0.5, 0.6) is 0 Å².